The molecule has 12 nitrogen and oxygen atoms in total. The van der Waals surface area contributed by atoms with Crippen LogP contribution in [0, 0.1) is 12.7 Å². The van der Waals surface area contributed by atoms with E-state index in [1.54, 1.807) is 16.9 Å². The van der Waals surface area contributed by atoms with Gasteiger partial charge in [0.15, 0.2) is 0 Å². The van der Waals surface area contributed by atoms with E-state index in [0.717, 1.165) is 88.3 Å². The largest absolute Gasteiger partial charge is 0.379 e. The molecule has 6 aromatic rings. The summed E-state index contributed by atoms with van der Waals surface area (Å²) in [6, 6.07) is 16.8. The van der Waals surface area contributed by atoms with Crippen LogP contribution < -0.4 is 31.9 Å². The Balaban J connectivity index is 0.000000118. The number of fused-ring (bicyclic) bond motifs is 6. The van der Waals surface area contributed by atoms with Gasteiger partial charge in [-0.3, -0.25) is 4.68 Å². The van der Waals surface area contributed by atoms with Crippen molar-refractivity contribution in [3.63, 3.8) is 0 Å². The van der Waals surface area contributed by atoms with Gasteiger partial charge in [0.1, 0.15) is 23.3 Å². The van der Waals surface area contributed by atoms with Gasteiger partial charge < -0.3 is 31.9 Å². The van der Waals surface area contributed by atoms with Crippen molar-refractivity contribution in [1.82, 2.24) is 29.3 Å². The van der Waals surface area contributed by atoms with Crippen LogP contribution in [0.1, 0.15) is 36.1 Å². The lowest BCUT2D eigenvalue weighted by atomic mass is 10.2. The van der Waals surface area contributed by atoms with Gasteiger partial charge in [0.25, 0.3) is 0 Å². The molecule has 0 amide bonds. The van der Waals surface area contributed by atoms with Gasteiger partial charge >= 0.3 is 0 Å². The number of halogens is 2. The second kappa shape index (κ2) is 14.0. The summed E-state index contributed by atoms with van der Waals surface area (Å²) < 4.78 is 18.8. The molecule has 0 atom stereocenters. The maximum Gasteiger partial charge on any atom is 0.133 e. The SMILES string of the molecule is CCn1ncc2c1Nc1cc(C)ccc1NC2.CCn1ncc2c1Nc1cc(Cl)ccc1NC2.Cn1ncc2c1Nc1cc(F)ccc1NC2. The summed E-state index contributed by atoms with van der Waals surface area (Å²) in [6.45, 7) is 10.3. The topological polar surface area (TPSA) is 126 Å². The number of hydrogen-bond acceptors (Lipinski definition) is 9. The van der Waals surface area contributed by atoms with Crippen molar-refractivity contribution in [3.8, 4) is 0 Å². The van der Waals surface area contributed by atoms with E-state index in [-0.39, 0.29) is 5.82 Å². The maximum atomic E-state index is 13.1. The highest BCUT2D eigenvalue weighted by atomic mass is 35.5. The van der Waals surface area contributed by atoms with E-state index in [0.29, 0.717) is 6.54 Å². The smallest absolute Gasteiger partial charge is 0.133 e. The Hall–Kier alpha value is -5.69. The fourth-order valence-electron chi connectivity index (χ4n) is 6.07. The molecule has 3 aromatic heterocycles. The predicted molar refractivity (Wildman–Crippen MR) is 200 cm³/mol. The van der Waals surface area contributed by atoms with Crippen LogP contribution in [-0.2, 0) is 39.8 Å². The van der Waals surface area contributed by atoms with Gasteiger partial charge in [-0.05, 0) is 74.9 Å². The number of benzene rings is 3. The standard InChI is InChI=1S/C13H16N4.C12H13ClN4.C11H11FN4/c1-3-17-13-10(8-15-17)7-14-11-5-4-9(2)6-12(11)16-13;1-2-17-12-8(7-15-17)6-14-10-4-3-9(13)5-11(10)16-12;1-16-11-7(6-14-16)5-13-9-3-2-8(12)4-10(9)15-11/h4-6,8,14,16H,3,7H2,1-2H3;3-5,7,14,16H,2,6H2,1H3;2-4,6,13,15H,5H2,1H3. The molecule has 0 unspecified atom stereocenters. The fraction of sp³-hybridized carbons (Fsp3) is 0.250. The van der Waals surface area contributed by atoms with E-state index >= 15 is 0 Å². The van der Waals surface area contributed by atoms with Crippen LogP contribution in [0.25, 0.3) is 0 Å². The maximum absolute atomic E-state index is 13.1. The normalized spacial score (nSPS) is 13.1. The molecule has 6 heterocycles. The molecule has 0 fully saturated rings. The molecule has 50 heavy (non-hydrogen) atoms. The summed E-state index contributed by atoms with van der Waals surface area (Å²) in [5.74, 6) is 2.79. The minimum absolute atomic E-state index is 0.251. The molecule has 9 rings (SSSR count). The van der Waals surface area contributed by atoms with Crippen LogP contribution in [0.15, 0.2) is 73.2 Å². The summed E-state index contributed by atoms with van der Waals surface area (Å²) in [7, 11) is 1.86. The summed E-state index contributed by atoms with van der Waals surface area (Å²) in [4.78, 5) is 0. The zero-order valence-electron chi connectivity index (χ0n) is 28.4. The van der Waals surface area contributed by atoms with Gasteiger partial charge in [-0.15, -0.1) is 0 Å². The van der Waals surface area contributed by atoms with E-state index in [4.69, 9.17) is 11.6 Å². The van der Waals surface area contributed by atoms with Crippen LogP contribution in [0.2, 0.25) is 5.02 Å². The summed E-state index contributed by atoms with van der Waals surface area (Å²) in [5.41, 5.74) is 10.7. The first-order valence-electron chi connectivity index (χ1n) is 16.6. The highest BCUT2D eigenvalue weighted by Crippen LogP contribution is 2.35. The van der Waals surface area contributed by atoms with Crippen LogP contribution in [0.5, 0.6) is 0 Å². The quantitative estimate of drug-likeness (QED) is 0.106. The van der Waals surface area contributed by atoms with Crippen molar-refractivity contribution in [2.45, 2.75) is 53.5 Å². The number of aromatic nitrogens is 6. The summed E-state index contributed by atoms with van der Waals surface area (Å²) in [6.07, 6.45) is 5.63. The zero-order chi connectivity index (χ0) is 34.8. The molecule has 6 N–H and O–H groups in total. The Labute approximate surface area is 295 Å². The molecule has 0 saturated carbocycles. The zero-order valence-corrected chi connectivity index (χ0v) is 29.2. The Kier molecular flexibility index (Phi) is 9.22. The minimum Gasteiger partial charge on any atom is -0.379 e. The number of nitrogens with one attached hydrogen (secondary N) is 6. The van der Waals surface area contributed by atoms with E-state index in [1.165, 1.54) is 28.8 Å². The lowest BCUT2D eigenvalue weighted by Crippen LogP contribution is -2.03. The number of rotatable bonds is 2. The lowest BCUT2D eigenvalue weighted by molar-refractivity contribution is 0.628. The molecule has 0 aliphatic carbocycles. The number of anilines is 9. The third-order valence-electron chi connectivity index (χ3n) is 8.75. The first-order valence-corrected chi connectivity index (χ1v) is 17.0. The molecule has 0 bridgehead atoms. The third-order valence-corrected chi connectivity index (χ3v) is 8.98. The van der Waals surface area contributed by atoms with Gasteiger partial charge in [0.05, 0.1) is 52.7 Å². The Morgan fingerprint density at radius 3 is 1.70 bits per heavy atom. The Morgan fingerprint density at radius 1 is 0.620 bits per heavy atom. The molecule has 3 aromatic carbocycles. The Bertz CT molecular complexity index is 2050. The second-order valence-corrected chi connectivity index (χ2v) is 12.6. The first-order chi connectivity index (χ1) is 24.3. The van der Waals surface area contributed by atoms with E-state index < -0.39 is 0 Å². The molecule has 0 saturated heterocycles. The number of hydrogen-bond donors (Lipinski definition) is 6. The van der Waals surface area contributed by atoms with E-state index in [1.807, 2.05) is 47.0 Å². The lowest BCUT2D eigenvalue weighted by Gasteiger charge is -2.11. The monoisotopic (exact) mass is 694 g/mol. The molecular weight excluding hydrogens is 655 g/mol. The molecular formula is C36H40ClFN12. The van der Waals surface area contributed by atoms with Crippen LogP contribution in [-0.4, -0.2) is 29.3 Å². The van der Waals surface area contributed by atoms with Crippen LogP contribution in [0.3, 0.4) is 0 Å². The predicted octanol–water partition coefficient (Wildman–Crippen LogP) is 8.33. The molecule has 14 heteroatoms. The van der Waals surface area contributed by atoms with Crippen molar-refractivity contribution in [3.05, 3.63) is 106 Å². The number of nitrogens with zero attached hydrogens (tertiary/aromatic N) is 6. The first kappa shape index (κ1) is 32.8. The van der Waals surface area contributed by atoms with Gasteiger partial charge in [0, 0.05) is 61.5 Å². The van der Waals surface area contributed by atoms with Gasteiger partial charge in [0.2, 0.25) is 0 Å². The summed E-state index contributed by atoms with van der Waals surface area (Å²) in [5, 5.41) is 33.7. The van der Waals surface area contributed by atoms with Gasteiger partial charge in [-0.25, -0.2) is 13.8 Å². The molecule has 3 aliphatic rings. The molecule has 258 valence electrons. The van der Waals surface area contributed by atoms with Gasteiger partial charge in [-0.1, -0.05) is 17.7 Å². The average molecular weight is 695 g/mol. The highest BCUT2D eigenvalue weighted by Gasteiger charge is 2.18. The second-order valence-electron chi connectivity index (χ2n) is 12.2. The van der Waals surface area contributed by atoms with Crippen molar-refractivity contribution in [2.75, 3.05) is 31.9 Å². The number of aryl methyl sites for hydroxylation is 4. The average Bonchev–Trinajstić information content (AvgIpc) is 3.66. The van der Waals surface area contributed by atoms with Gasteiger partial charge in [-0.2, -0.15) is 15.3 Å². The Morgan fingerprint density at radius 2 is 1.10 bits per heavy atom. The summed E-state index contributed by atoms with van der Waals surface area (Å²) >= 11 is 6.01. The molecule has 0 spiro atoms. The minimum atomic E-state index is -0.251. The molecule has 3 aliphatic heterocycles. The van der Waals surface area contributed by atoms with Crippen LogP contribution >= 0.6 is 11.6 Å². The van der Waals surface area contributed by atoms with E-state index in [9.17, 15) is 4.39 Å². The molecule has 0 radical (unpaired) electrons. The third kappa shape index (κ3) is 6.77. The van der Waals surface area contributed by atoms with Crippen molar-refractivity contribution >= 4 is 63.2 Å². The van der Waals surface area contributed by atoms with Crippen molar-refractivity contribution in [1.29, 1.82) is 0 Å². The highest BCUT2D eigenvalue weighted by molar-refractivity contribution is 6.31. The fourth-order valence-corrected chi connectivity index (χ4v) is 6.24. The van der Waals surface area contributed by atoms with E-state index in [2.05, 4.69) is 86.2 Å². The van der Waals surface area contributed by atoms with Crippen LogP contribution in [0.4, 0.5) is 56.0 Å². The van der Waals surface area contributed by atoms with Crippen molar-refractivity contribution < 1.29 is 4.39 Å². The van der Waals surface area contributed by atoms with Crippen molar-refractivity contribution in [2.24, 2.45) is 7.05 Å².